The van der Waals surface area contributed by atoms with Gasteiger partial charge in [0.05, 0.1) is 19.0 Å². The minimum atomic E-state index is 0.701. The second-order valence-electron chi connectivity index (χ2n) is 4.23. The number of benzene rings is 1. The molecule has 0 unspecified atom stereocenters. The van der Waals surface area contributed by atoms with Gasteiger partial charge in [0.2, 0.25) is 0 Å². The molecule has 0 atom stereocenters. The van der Waals surface area contributed by atoms with E-state index in [1.807, 2.05) is 38.1 Å². The number of hydrogen-bond acceptors (Lipinski definition) is 4. The summed E-state index contributed by atoms with van der Waals surface area (Å²) in [4.78, 5) is 4.25. The quantitative estimate of drug-likeness (QED) is 0.869. The minimum Gasteiger partial charge on any atom is -0.497 e. The average Bonchev–Trinajstić information content (AvgIpc) is 2.36. The Morgan fingerprint density at radius 3 is 2.56 bits per heavy atom. The Morgan fingerprint density at radius 1 is 1.17 bits per heavy atom. The van der Waals surface area contributed by atoms with E-state index >= 15 is 0 Å². The molecule has 0 fully saturated rings. The van der Waals surface area contributed by atoms with Crippen molar-refractivity contribution < 1.29 is 4.74 Å². The van der Waals surface area contributed by atoms with Crippen LogP contribution in [-0.4, -0.2) is 12.1 Å². The molecule has 2 aromatic rings. The Bertz CT molecular complexity index is 567. The largest absolute Gasteiger partial charge is 0.497 e. The fourth-order valence-electron chi connectivity index (χ4n) is 1.68. The number of nitrogens with two attached hydrogens (primary N) is 1. The maximum Gasteiger partial charge on any atom is 0.130 e. The van der Waals surface area contributed by atoms with Gasteiger partial charge in [-0.05, 0) is 49.2 Å². The van der Waals surface area contributed by atoms with Gasteiger partial charge in [-0.15, -0.1) is 0 Å². The maximum atomic E-state index is 5.74. The average molecular weight is 243 g/mol. The fourth-order valence-corrected chi connectivity index (χ4v) is 1.68. The van der Waals surface area contributed by atoms with Crippen LogP contribution in [0.5, 0.6) is 5.75 Å². The molecule has 0 aliphatic carbocycles. The molecule has 0 spiro atoms. The molecule has 0 saturated heterocycles. The van der Waals surface area contributed by atoms with Crippen LogP contribution in [0, 0.1) is 13.8 Å². The third kappa shape index (κ3) is 2.53. The van der Waals surface area contributed by atoms with Gasteiger partial charge in [0.15, 0.2) is 0 Å². The lowest BCUT2D eigenvalue weighted by molar-refractivity contribution is 0.414. The molecule has 94 valence electrons. The predicted molar refractivity (Wildman–Crippen MR) is 74.4 cm³/mol. The lowest BCUT2D eigenvalue weighted by Gasteiger charge is -2.11. The van der Waals surface area contributed by atoms with Gasteiger partial charge in [-0.3, -0.25) is 0 Å². The van der Waals surface area contributed by atoms with Crippen LogP contribution in [0.25, 0.3) is 0 Å². The number of aryl methyl sites for hydroxylation is 2. The van der Waals surface area contributed by atoms with Crippen molar-refractivity contribution in [3.63, 3.8) is 0 Å². The molecular formula is C14H17N3O. The van der Waals surface area contributed by atoms with Crippen molar-refractivity contribution in [2.45, 2.75) is 13.8 Å². The fraction of sp³-hybridized carbons (Fsp3) is 0.214. The van der Waals surface area contributed by atoms with Gasteiger partial charge >= 0.3 is 0 Å². The summed E-state index contributed by atoms with van der Waals surface area (Å²) in [6.07, 6.45) is 1.66. The van der Waals surface area contributed by atoms with Crippen molar-refractivity contribution in [1.82, 2.24) is 4.98 Å². The highest BCUT2D eigenvalue weighted by atomic mass is 16.5. The number of pyridine rings is 1. The number of hydrogen-bond donors (Lipinski definition) is 2. The zero-order valence-corrected chi connectivity index (χ0v) is 10.8. The minimum absolute atomic E-state index is 0.701. The van der Waals surface area contributed by atoms with Crippen molar-refractivity contribution >= 4 is 17.2 Å². The zero-order chi connectivity index (χ0) is 13.1. The lowest BCUT2D eigenvalue weighted by Crippen LogP contribution is -1.98. The summed E-state index contributed by atoms with van der Waals surface area (Å²) < 4.78 is 5.18. The van der Waals surface area contributed by atoms with E-state index in [1.165, 1.54) is 0 Å². The zero-order valence-electron chi connectivity index (χ0n) is 10.8. The Balaban J connectivity index is 2.25. The SMILES string of the molecule is COc1ccc(Nc2cc(C)c(N)cn2)c(C)c1. The highest BCUT2D eigenvalue weighted by Gasteiger charge is 2.03. The third-order valence-corrected chi connectivity index (χ3v) is 2.85. The predicted octanol–water partition coefficient (Wildman–Crippen LogP) is 3.03. The van der Waals surface area contributed by atoms with E-state index < -0.39 is 0 Å². The van der Waals surface area contributed by atoms with Gasteiger partial charge in [-0.25, -0.2) is 4.98 Å². The number of nitrogen functional groups attached to an aromatic ring is 1. The lowest BCUT2D eigenvalue weighted by atomic mass is 10.2. The van der Waals surface area contributed by atoms with Crippen LogP contribution < -0.4 is 15.8 Å². The normalized spacial score (nSPS) is 10.2. The van der Waals surface area contributed by atoms with Crippen LogP contribution in [0.1, 0.15) is 11.1 Å². The number of anilines is 3. The summed E-state index contributed by atoms with van der Waals surface area (Å²) in [5.41, 5.74) is 9.57. The first-order chi connectivity index (χ1) is 8.60. The topological polar surface area (TPSA) is 60.2 Å². The number of methoxy groups -OCH3 is 1. The Morgan fingerprint density at radius 2 is 1.94 bits per heavy atom. The molecule has 18 heavy (non-hydrogen) atoms. The van der Waals surface area contributed by atoms with Crippen LogP contribution in [-0.2, 0) is 0 Å². The van der Waals surface area contributed by atoms with Crippen molar-refractivity contribution in [2.75, 3.05) is 18.2 Å². The second kappa shape index (κ2) is 4.96. The van der Waals surface area contributed by atoms with E-state index in [1.54, 1.807) is 13.3 Å². The molecule has 3 N–H and O–H groups in total. The maximum absolute atomic E-state index is 5.74. The van der Waals surface area contributed by atoms with Gasteiger partial charge in [-0.1, -0.05) is 0 Å². The van der Waals surface area contributed by atoms with Gasteiger partial charge < -0.3 is 15.8 Å². The van der Waals surface area contributed by atoms with Crippen molar-refractivity contribution in [1.29, 1.82) is 0 Å². The van der Waals surface area contributed by atoms with Crippen molar-refractivity contribution in [3.05, 3.63) is 41.6 Å². The number of rotatable bonds is 3. The molecule has 4 nitrogen and oxygen atoms in total. The third-order valence-electron chi connectivity index (χ3n) is 2.85. The summed E-state index contributed by atoms with van der Waals surface area (Å²) >= 11 is 0. The molecule has 0 aliphatic rings. The van der Waals surface area contributed by atoms with Gasteiger partial charge in [-0.2, -0.15) is 0 Å². The van der Waals surface area contributed by atoms with Crippen molar-refractivity contribution in [3.8, 4) is 5.75 Å². The van der Waals surface area contributed by atoms with E-state index in [9.17, 15) is 0 Å². The highest BCUT2D eigenvalue weighted by Crippen LogP contribution is 2.24. The molecule has 0 amide bonds. The molecule has 0 aliphatic heterocycles. The monoisotopic (exact) mass is 243 g/mol. The number of nitrogens with one attached hydrogen (secondary N) is 1. The van der Waals surface area contributed by atoms with Crippen LogP contribution in [0.2, 0.25) is 0 Å². The standard InChI is InChI=1S/C14H17N3O/c1-9-7-14(16-8-12(9)15)17-13-5-4-11(18-3)6-10(13)2/h4-8H,15H2,1-3H3,(H,16,17). The summed E-state index contributed by atoms with van der Waals surface area (Å²) in [5.74, 6) is 1.63. The molecule has 2 rings (SSSR count). The van der Waals surface area contributed by atoms with Gasteiger partial charge in [0, 0.05) is 5.69 Å². The number of ether oxygens (including phenoxy) is 1. The molecule has 0 saturated carbocycles. The summed E-state index contributed by atoms with van der Waals surface area (Å²) in [5, 5.41) is 3.27. The number of nitrogens with zero attached hydrogens (tertiary/aromatic N) is 1. The Labute approximate surface area is 107 Å². The molecule has 0 radical (unpaired) electrons. The first-order valence-electron chi connectivity index (χ1n) is 5.74. The molecule has 1 aromatic carbocycles. The van der Waals surface area contributed by atoms with Gasteiger partial charge in [0.25, 0.3) is 0 Å². The summed E-state index contributed by atoms with van der Waals surface area (Å²) in [6, 6.07) is 7.80. The summed E-state index contributed by atoms with van der Waals surface area (Å²) in [7, 11) is 1.66. The first kappa shape index (κ1) is 12.2. The smallest absolute Gasteiger partial charge is 0.130 e. The van der Waals surface area contributed by atoms with Crippen LogP contribution in [0.4, 0.5) is 17.2 Å². The highest BCUT2D eigenvalue weighted by molar-refractivity contribution is 5.63. The Hall–Kier alpha value is -2.23. The molecular weight excluding hydrogens is 226 g/mol. The van der Waals surface area contributed by atoms with E-state index in [0.29, 0.717) is 5.69 Å². The number of aromatic nitrogens is 1. The van der Waals surface area contributed by atoms with Crippen molar-refractivity contribution in [2.24, 2.45) is 0 Å². The molecule has 0 bridgehead atoms. The van der Waals surface area contributed by atoms with Crippen LogP contribution in [0.3, 0.4) is 0 Å². The van der Waals surface area contributed by atoms with Gasteiger partial charge in [0.1, 0.15) is 11.6 Å². The van der Waals surface area contributed by atoms with E-state index in [2.05, 4.69) is 10.3 Å². The molecule has 1 heterocycles. The second-order valence-corrected chi connectivity index (χ2v) is 4.23. The molecule has 1 aromatic heterocycles. The first-order valence-corrected chi connectivity index (χ1v) is 5.74. The van der Waals surface area contributed by atoms with Crippen LogP contribution >= 0.6 is 0 Å². The van der Waals surface area contributed by atoms with E-state index in [-0.39, 0.29) is 0 Å². The van der Waals surface area contributed by atoms with Crippen LogP contribution in [0.15, 0.2) is 30.5 Å². The van der Waals surface area contributed by atoms with E-state index in [0.717, 1.165) is 28.4 Å². The van der Waals surface area contributed by atoms with E-state index in [4.69, 9.17) is 10.5 Å². The molecule has 4 heteroatoms. The summed E-state index contributed by atoms with van der Waals surface area (Å²) in [6.45, 7) is 3.98. The Kier molecular flexibility index (Phi) is 3.37.